The Labute approximate surface area is 238 Å². The maximum Gasteiger partial charge on any atom is 0.336 e. The molecule has 0 amide bonds. The molecule has 4 rings (SSSR count). The van der Waals surface area contributed by atoms with Gasteiger partial charge in [-0.05, 0) is 48.9 Å². The Morgan fingerprint density at radius 3 is 2.42 bits per heavy atom. The number of fused-ring (bicyclic) bond motifs is 1. The summed E-state index contributed by atoms with van der Waals surface area (Å²) in [5, 5.41) is 18.9. The van der Waals surface area contributed by atoms with Crippen molar-refractivity contribution in [3.05, 3.63) is 59.4 Å². The molecule has 0 saturated carbocycles. The van der Waals surface area contributed by atoms with Crippen molar-refractivity contribution in [2.24, 2.45) is 0 Å². The number of hydrogen-bond acceptors (Lipinski definition) is 7. The summed E-state index contributed by atoms with van der Waals surface area (Å²) in [5.41, 5.74) is 0.936. The molecule has 0 unspecified atom stereocenters. The highest BCUT2D eigenvalue weighted by atomic mass is 35.5. The first-order chi connectivity index (χ1) is 16.7. The van der Waals surface area contributed by atoms with Crippen LogP contribution in [-0.4, -0.2) is 62.1 Å². The second-order valence-corrected chi connectivity index (χ2v) is 9.97. The van der Waals surface area contributed by atoms with Gasteiger partial charge in [-0.2, -0.15) is 5.26 Å². The summed E-state index contributed by atoms with van der Waals surface area (Å²) in [5.74, 6) is -1.31. The van der Waals surface area contributed by atoms with Gasteiger partial charge in [0, 0.05) is 50.2 Å². The van der Waals surface area contributed by atoms with Gasteiger partial charge in [0.15, 0.2) is 0 Å². The fourth-order valence-corrected chi connectivity index (χ4v) is 5.40. The molecule has 0 bridgehead atoms. The number of aromatic nitrogens is 1. The van der Waals surface area contributed by atoms with Crippen LogP contribution in [0, 0.1) is 24.1 Å². The molecule has 0 radical (unpaired) electrons. The van der Waals surface area contributed by atoms with Crippen molar-refractivity contribution in [3.63, 3.8) is 0 Å². The number of hydrogen-bond donors (Lipinski definition) is 2. The quantitative estimate of drug-likeness (QED) is 0.403. The van der Waals surface area contributed by atoms with E-state index in [1.54, 1.807) is 13.0 Å². The predicted molar refractivity (Wildman–Crippen MR) is 151 cm³/mol. The van der Waals surface area contributed by atoms with Crippen LogP contribution in [0.25, 0.3) is 10.9 Å². The van der Waals surface area contributed by atoms with E-state index >= 15 is 0 Å². The van der Waals surface area contributed by atoms with Crippen LogP contribution in [0.1, 0.15) is 22.3 Å². The van der Waals surface area contributed by atoms with Crippen molar-refractivity contribution in [1.82, 2.24) is 9.88 Å². The molecule has 1 fully saturated rings. The standard InChI is InChI=1S/C24H24FN5O4S.3ClH/c1-16-3-4-17(25)13-22(16)35(33,34)28-18-5-6-21-19(14-18)20(24(31)32)15-23(27-21)30-11-9-29(10-12-30)8-2-7-26;;;/h3-6,13-15,28H,2,8-12H2,1H3,(H,31,32);3*1H. The van der Waals surface area contributed by atoms with E-state index in [-0.39, 0.29) is 58.8 Å². The molecule has 2 heterocycles. The molecule has 2 aromatic carbocycles. The lowest BCUT2D eigenvalue weighted by molar-refractivity contribution is 0.0699. The SMILES string of the molecule is Cc1ccc(F)cc1S(=O)(=O)Nc1ccc2nc(N3CCN(CCC#N)CC3)cc(C(=O)O)c2c1.Cl.Cl.Cl. The first-order valence-corrected chi connectivity index (χ1v) is 12.5. The van der Waals surface area contributed by atoms with E-state index in [0.717, 1.165) is 19.2 Å². The summed E-state index contributed by atoms with van der Waals surface area (Å²) >= 11 is 0. The minimum Gasteiger partial charge on any atom is -0.478 e. The maximum atomic E-state index is 13.6. The van der Waals surface area contributed by atoms with Gasteiger partial charge in [-0.3, -0.25) is 9.62 Å². The summed E-state index contributed by atoms with van der Waals surface area (Å²) < 4.78 is 41.7. The average molecular weight is 607 g/mol. The molecule has 1 aliphatic heterocycles. The Kier molecular flexibility index (Phi) is 12.0. The summed E-state index contributed by atoms with van der Waals surface area (Å²) in [7, 11) is -4.10. The lowest BCUT2D eigenvalue weighted by Gasteiger charge is -2.35. The molecule has 1 aromatic heterocycles. The number of pyridine rings is 1. The maximum absolute atomic E-state index is 13.6. The average Bonchev–Trinajstić information content (AvgIpc) is 2.83. The number of nitrogens with one attached hydrogen (secondary N) is 1. The van der Waals surface area contributed by atoms with Crippen LogP contribution in [0.15, 0.2) is 47.4 Å². The Morgan fingerprint density at radius 2 is 1.79 bits per heavy atom. The van der Waals surface area contributed by atoms with Gasteiger partial charge in [0.1, 0.15) is 11.6 Å². The number of aryl methyl sites for hydroxylation is 1. The molecule has 206 valence electrons. The van der Waals surface area contributed by atoms with Crippen molar-refractivity contribution in [3.8, 4) is 6.07 Å². The topological polar surface area (TPSA) is 127 Å². The third-order valence-corrected chi connectivity index (χ3v) is 7.48. The van der Waals surface area contributed by atoms with Crippen molar-refractivity contribution in [2.45, 2.75) is 18.2 Å². The highest BCUT2D eigenvalue weighted by Gasteiger charge is 2.22. The zero-order chi connectivity index (χ0) is 25.2. The van der Waals surface area contributed by atoms with E-state index in [0.29, 0.717) is 43.0 Å². The fourth-order valence-electron chi connectivity index (χ4n) is 4.10. The molecule has 0 atom stereocenters. The summed E-state index contributed by atoms with van der Waals surface area (Å²) in [6.07, 6.45) is 0.461. The zero-order valence-corrected chi connectivity index (χ0v) is 23.5. The third-order valence-electron chi connectivity index (χ3n) is 5.95. The van der Waals surface area contributed by atoms with Crippen LogP contribution in [0.4, 0.5) is 15.9 Å². The van der Waals surface area contributed by atoms with Crippen LogP contribution >= 0.6 is 37.2 Å². The van der Waals surface area contributed by atoms with Crippen LogP contribution in [0.5, 0.6) is 0 Å². The molecule has 3 aromatic rings. The van der Waals surface area contributed by atoms with Gasteiger partial charge >= 0.3 is 5.97 Å². The Morgan fingerprint density at radius 1 is 1.11 bits per heavy atom. The number of piperazine rings is 1. The summed E-state index contributed by atoms with van der Waals surface area (Å²) in [4.78, 5) is 20.7. The number of sulfonamides is 1. The molecule has 38 heavy (non-hydrogen) atoms. The second kappa shape index (κ2) is 13.8. The number of halogens is 4. The summed E-state index contributed by atoms with van der Waals surface area (Å²) in [6.45, 7) is 5.03. The number of nitriles is 1. The molecule has 2 N–H and O–H groups in total. The minimum atomic E-state index is -4.10. The van der Waals surface area contributed by atoms with Crippen molar-refractivity contribution in [1.29, 1.82) is 5.26 Å². The largest absolute Gasteiger partial charge is 0.478 e. The normalized spacial score (nSPS) is 13.4. The highest BCUT2D eigenvalue weighted by Crippen LogP contribution is 2.28. The van der Waals surface area contributed by atoms with E-state index in [4.69, 9.17) is 5.26 Å². The molecular formula is C24H27Cl3FN5O4S. The van der Waals surface area contributed by atoms with Gasteiger partial charge in [-0.1, -0.05) is 6.07 Å². The second-order valence-electron chi connectivity index (χ2n) is 8.32. The van der Waals surface area contributed by atoms with Gasteiger partial charge in [0.2, 0.25) is 0 Å². The van der Waals surface area contributed by atoms with Crippen molar-refractivity contribution < 1.29 is 22.7 Å². The summed E-state index contributed by atoms with van der Waals surface area (Å²) in [6, 6.07) is 11.6. The van der Waals surface area contributed by atoms with E-state index in [2.05, 4.69) is 20.7 Å². The van der Waals surface area contributed by atoms with E-state index < -0.39 is 21.8 Å². The van der Waals surface area contributed by atoms with E-state index in [1.807, 2.05) is 4.90 Å². The monoisotopic (exact) mass is 605 g/mol. The van der Waals surface area contributed by atoms with Crippen LogP contribution in [-0.2, 0) is 10.0 Å². The third kappa shape index (κ3) is 7.36. The predicted octanol–water partition coefficient (Wildman–Crippen LogP) is 4.48. The number of carbonyl (C=O) groups is 1. The van der Waals surface area contributed by atoms with Gasteiger partial charge in [0.05, 0.1) is 22.0 Å². The number of carboxylic acid groups (broad SMARTS) is 1. The van der Waals surface area contributed by atoms with Crippen molar-refractivity contribution in [2.75, 3.05) is 42.3 Å². The zero-order valence-electron chi connectivity index (χ0n) is 20.3. The lowest BCUT2D eigenvalue weighted by atomic mass is 10.1. The molecule has 1 aliphatic rings. The number of anilines is 2. The Balaban J connectivity index is 0.00000241. The smallest absolute Gasteiger partial charge is 0.336 e. The van der Waals surface area contributed by atoms with Crippen molar-refractivity contribution >= 4 is 75.6 Å². The number of nitrogens with zero attached hydrogens (tertiary/aromatic N) is 4. The lowest BCUT2D eigenvalue weighted by Crippen LogP contribution is -2.46. The van der Waals surface area contributed by atoms with E-state index in [9.17, 15) is 22.7 Å². The number of carboxylic acids is 1. The van der Waals surface area contributed by atoms with Crippen LogP contribution in [0.3, 0.4) is 0 Å². The Hall–Kier alpha value is -2.88. The van der Waals surface area contributed by atoms with E-state index in [1.165, 1.54) is 30.3 Å². The fraction of sp³-hybridized carbons (Fsp3) is 0.292. The molecule has 14 heteroatoms. The number of rotatable bonds is 7. The van der Waals surface area contributed by atoms with Gasteiger partial charge in [-0.25, -0.2) is 22.6 Å². The molecule has 0 spiro atoms. The van der Waals surface area contributed by atoms with Gasteiger partial charge in [-0.15, -0.1) is 37.2 Å². The first kappa shape index (κ1) is 33.1. The number of benzene rings is 2. The van der Waals surface area contributed by atoms with Gasteiger partial charge < -0.3 is 10.0 Å². The minimum absolute atomic E-state index is 0. The van der Waals surface area contributed by atoms with Crippen LogP contribution < -0.4 is 9.62 Å². The number of aromatic carboxylic acids is 1. The van der Waals surface area contributed by atoms with Gasteiger partial charge in [0.25, 0.3) is 10.0 Å². The molecular weight excluding hydrogens is 580 g/mol. The first-order valence-electron chi connectivity index (χ1n) is 11.0. The Bertz CT molecular complexity index is 1440. The van der Waals surface area contributed by atoms with Crippen LogP contribution in [0.2, 0.25) is 0 Å². The molecule has 9 nitrogen and oxygen atoms in total. The molecule has 1 saturated heterocycles. The highest BCUT2D eigenvalue weighted by molar-refractivity contribution is 7.92. The molecule has 0 aliphatic carbocycles.